The topological polar surface area (TPSA) is 130 Å². The Morgan fingerprint density at radius 1 is 1.06 bits per heavy atom. The molecule has 9 nitrogen and oxygen atoms in total. The number of aryl methyl sites for hydroxylation is 1. The van der Waals surface area contributed by atoms with Crippen molar-refractivity contribution >= 4 is 39.9 Å². The van der Waals surface area contributed by atoms with Gasteiger partial charge in [0.25, 0.3) is 5.78 Å². The van der Waals surface area contributed by atoms with Gasteiger partial charge in [-0.05, 0) is 48.9 Å². The number of aromatic nitrogens is 2. The quantitative estimate of drug-likeness (QED) is 0.344. The minimum atomic E-state index is -1.16. The second-order valence-corrected chi connectivity index (χ2v) is 8.09. The molecule has 0 saturated carbocycles. The number of carboxylic acid groups (broad SMARTS) is 1. The predicted octanol–water partition coefficient (Wildman–Crippen LogP) is 3.18. The van der Waals surface area contributed by atoms with Gasteiger partial charge in [0.15, 0.2) is 0 Å². The summed E-state index contributed by atoms with van der Waals surface area (Å²) in [6.07, 6.45) is 0. The molecule has 1 fully saturated rings. The summed E-state index contributed by atoms with van der Waals surface area (Å²) in [4.78, 5) is 38.7. The van der Waals surface area contributed by atoms with E-state index in [1.54, 1.807) is 37.3 Å². The Labute approximate surface area is 186 Å². The predicted molar refractivity (Wildman–Crippen MR) is 116 cm³/mol. The van der Waals surface area contributed by atoms with Gasteiger partial charge in [-0.25, -0.2) is 4.79 Å². The number of Topliss-reactive ketones (excluding diaryl/α,β-unsaturated/α-hetero) is 1. The van der Waals surface area contributed by atoms with Crippen LogP contribution in [0.2, 0.25) is 0 Å². The maximum absolute atomic E-state index is 13.0. The highest BCUT2D eigenvalue weighted by Crippen LogP contribution is 2.43. The van der Waals surface area contributed by atoms with Crippen LogP contribution in [0, 0.1) is 6.92 Å². The Morgan fingerprint density at radius 3 is 2.38 bits per heavy atom. The number of hydrogen-bond donors (Lipinski definition) is 2. The zero-order chi connectivity index (χ0) is 23.0. The van der Waals surface area contributed by atoms with E-state index in [-0.39, 0.29) is 22.0 Å². The van der Waals surface area contributed by atoms with Gasteiger partial charge in [0.05, 0.1) is 24.3 Å². The van der Waals surface area contributed by atoms with Crippen molar-refractivity contribution in [3.05, 3.63) is 75.8 Å². The summed E-state index contributed by atoms with van der Waals surface area (Å²) in [6, 6.07) is 11.1. The number of carbonyl (C=O) groups excluding carboxylic acids is 2. The maximum atomic E-state index is 13.0. The van der Waals surface area contributed by atoms with Crippen LogP contribution in [0.5, 0.6) is 5.75 Å². The van der Waals surface area contributed by atoms with Gasteiger partial charge in [-0.1, -0.05) is 23.5 Å². The molecule has 0 aliphatic carbocycles. The fourth-order valence-corrected chi connectivity index (χ4v) is 4.19. The van der Waals surface area contributed by atoms with E-state index in [2.05, 4.69) is 10.2 Å². The second kappa shape index (κ2) is 8.23. The zero-order valence-electron chi connectivity index (χ0n) is 17.0. The molecule has 1 saturated heterocycles. The number of aliphatic hydroxyl groups is 1. The van der Waals surface area contributed by atoms with Gasteiger partial charge in [-0.2, -0.15) is 0 Å². The van der Waals surface area contributed by atoms with Crippen LogP contribution >= 0.6 is 11.3 Å². The number of carbonyl (C=O) groups is 3. The molecule has 1 unspecified atom stereocenters. The van der Waals surface area contributed by atoms with Crippen molar-refractivity contribution in [2.24, 2.45) is 0 Å². The van der Waals surface area contributed by atoms with Gasteiger partial charge < -0.3 is 14.9 Å². The van der Waals surface area contributed by atoms with Gasteiger partial charge in [0.2, 0.25) is 5.13 Å². The summed E-state index contributed by atoms with van der Waals surface area (Å²) in [5.41, 5.74) is 0.449. The maximum Gasteiger partial charge on any atom is 0.335 e. The number of nitrogens with zero attached hydrogens (tertiary/aromatic N) is 3. The SMILES string of the molecule is COc1ccc(C(O)=C2C(=O)C(=O)N(c3nnc(C)s3)C2c2cccc(C(=O)O)c2)cc1. The third-order valence-electron chi connectivity index (χ3n) is 4.98. The first-order valence-electron chi connectivity index (χ1n) is 9.40. The Morgan fingerprint density at radius 2 is 1.78 bits per heavy atom. The first-order valence-corrected chi connectivity index (χ1v) is 10.2. The molecule has 32 heavy (non-hydrogen) atoms. The second-order valence-electron chi connectivity index (χ2n) is 6.93. The van der Waals surface area contributed by atoms with Crippen LogP contribution in [-0.4, -0.2) is 45.2 Å². The lowest BCUT2D eigenvalue weighted by molar-refractivity contribution is -0.132. The molecule has 0 radical (unpaired) electrons. The van der Waals surface area contributed by atoms with Gasteiger partial charge in [0, 0.05) is 5.56 Å². The van der Waals surface area contributed by atoms with E-state index < -0.39 is 23.7 Å². The number of anilines is 1. The number of rotatable bonds is 5. The average molecular weight is 451 g/mol. The summed E-state index contributed by atoms with van der Waals surface area (Å²) in [6.45, 7) is 1.70. The van der Waals surface area contributed by atoms with Crippen molar-refractivity contribution in [1.29, 1.82) is 0 Å². The number of methoxy groups -OCH3 is 1. The van der Waals surface area contributed by atoms with Crippen molar-refractivity contribution < 1.29 is 29.3 Å². The molecule has 2 N–H and O–H groups in total. The number of carboxylic acids is 1. The highest BCUT2D eigenvalue weighted by Gasteiger charge is 2.48. The molecule has 1 amide bonds. The van der Waals surface area contributed by atoms with Crippen LogP contribution in [0.3, 0.4) is 0 Å². The van der Waals surface area contributed by atoms with Crippen molar-refractivity contribution in [3.63, 3.8) is 0 Å². The lowest BCUT2D eigenvalue weighted by Crippen LogP contribution is -2.29. The summed E-state index contributed by atoms with van der Waals surface area (Å²) >= 11 is 1.11. The van der Waals surface area contributed by atoms with E-state index >= 15 is 0 Å². The molecule has 162 valence electrons. The molecule has 1 aliphatic rings. The molecule has 2 aromatic carbocycles. The molecule has 2 heterocycles. The molecule has 0 bridgehead atoms. The minimum Gasteiger partial charge on any atom is -0.507 e. The lowest BCUT2D eigenvalue weighted by Gasteiger charge is -2.22. The highest BCUT2D eigenvalue weighted by molar-refractivity contribution is 7.15. The molecule has 10 heteroatoms. The van der Waals surface area contributed by atoms with E-state index in [9.17, 15) is 24.6 Å². The van der Waals surface area contributed by atoms with E-state index in [4.69, 9.17) is 4.74 Å². The Kier molecular flexibility index (Phi) is 5.45. The Hall–Kier alpha value is -4.05. The van der Waals surface area contributed by atoms with Crippen molar-refractivity contribution in [2.75, 3.05) is 12.0 Å². The Bertz CT molecular complexity index is 1260. The third kappa shape index (κ3) is 3.60. The third-order valence-corrected chi connectivity index (χ3v) is 5.82. The fraction of sp³-hybridized carbons (Fsp3) is 0.136. The van der Waals surface area contributed by atoms with Crippen LogP contribution in [0.15, 0.2) is 54.1 Å². The first kappa shape index (κ1) is 21.2. The van der Waals surface area contributed by atoms with Crippen molar-refractivity contribution in [2.45, 2.75) is 13.0 Å². The first-order chi connectivity index (χ1) is 15.3. The standard InChI is InChI=1S/C22H17N3O6S/c1-11-23-24-22(32-11)25-17(13-4-3-5-14(10-13)21(29)30)16(19(27)20(25)28)18(26)12-6-8-15(31-2)9-7-12/h3-10,17,26H,1-2H3,(H,29,30). The van der Waals surface area contributed by atoms with E-state index in [1.165, 1.54) is 25.3 Å². The molecule has 1 aliphatic heterocycles. The number of benzene rings is 2. The van der Waals surface area contributed by atoms with Gasteiger partial charge in [-0.15, -0.1) is 10.2 Å². The summed E-state index contributed by atoms with van der Waals surface area (Å²) in [7, 11) is 1.50. The number of ether oxygens (including phenoxy) is 1. The Balaban J connectivity index is 1.94. The van der Waals surface area contributed by atoms with Crippen LogP contribution in [-0.2, 0) is 9.59 Å². The van der Waals surface area contributed by atoms with E-state index in [1.807, 2.05) is 0 Å². The monoisotopic (exact) mass is 451 g/mol. The smallest absolute Gasteiger partial charge is 0.335 e. The minimum absolute atomic E-state index is 0.0222. The van der Waals surface area contributed by atoms with Gasteiger partial charge in [-0.3, -0.25) is 14.5 Å². The largest absolute Gasteiger partial charge is 0.507 e. The lowest BCUT2D eigenvalue weighted by atomic mass is 9.94. The number of amides is 1. The highest BCUT2D eigenvalue weighted by atomic mass is 32.1. The van der Waals surface area contributed by atoms with Crippen LogP contribution in [0.1, 0.15) is 32.5 Å². The number of aliphatic hydroxyl groups excluding tert-OH is 1. The molecular formula is C22H17N3O6S. The molecule has 4 rings (SSSR count). The van der Waals surface area contributed by atoms with Crippen molar-refractivity contribution in [3.8, 4) is 5.75 Å². The van der Waals surface area contributed by atoms with Crippen molar-refractivity contribution in [1.82, 2.24) is 10.2 Å². The fourth-order valence-electron chi connectivity index (χ4n) is 3.47. The molecule has 0 spiro atoms. The van der Waals surface area contributed by atoms with E-state index in [0.717, 1.165) is 16.2 Å². The summed E-state index contributed by atoms with van der Waals surface area (Å²) in [5, 5.41) is 29.1. The number of aromatic carboxylic acids is 1. The summed E-state index contributed by atoms with van der Waals surface area (Å²) < 4.78 is 5.12. The van der Waals surface area contributed by atoms with Crippen LogP contribution in [0.4, 0.5) is 5.13 Å². The molecule has 3 aromatic rings. The van der Waals surface area contributed by atoms with Crippen LogP contribution in [0.25, 0.3) is 5.76 Å². The zero-order valence-corrected chi connectivity index (χ0v) is 17.8. The van der Waals surface area contributed by atoms with E-state index in [0.29, 0.717) is 21.9 Å². The molecule has 1 atom stereocenters. The van der Waals surface area contributed by atoms with Crippen LogP contribution < -0.4 is 9.64 Å². The summed E-state index contributed by atoms with van der Waals surface area (Å²) in [5.74, 6) is -2.79. The normalized spacial score (nSPS) is 17.6. The van der Waals surface area contributed by atoms with Gasteiger partial charge in [0.1, 0.15) is 16.5 Å². The number of ketones is 1. The molecule has 1 aromatic heterocycles. The average Bonchev–Trinajstić information content (AvgIpc) is 3.34. The van der Waals surface area contributed by atoms with Gasteiger partial charge >= 0.3 is 11.9 Å². The number of hydrogen-bond acceptors (Lipinski definition) is 8. The molecular weight excluding hydrogens is 434 g/mol.